The number of halogens is 1. The molecule has 1 amide bonds. The molecule has 0 bridgehead atoms. The number of methoxy groups -OCH3 is 1. The summed E-state index contributed by atoms with van der Waals surface area (Å²) in [6.07, 6.45) is 2.00. The molecule has 0 saturated heterocycles. The second-order valence-corrected chi connectivity index (χ2v) is 7.71. The molecule has 0 aliphatic heterocycles. The lowest BCUT2D eigenvalue weighted by atomic mass is 10.1. The average molecular weight is 332 g/mol. The molecule has 1 fully saturated rings. The number of amides is 1. The quantitative estimate of drug-likeness (QED) is 0.812. The van der Waals surface area contributed by atoms with Gasteiger partial charge in [0.25, 0.3) is 15.0 Å². The maximum absolute atomic E-state index is 12.1. The summed E-state index contributed by atoms with van der Waals surface area (Å²) in [7, 11) is 2.96. The van der Waals surface area contributed by atoms with E-state index in [0.717, 1.165) is 12.8 Å². The van der Waals surface area contributed by atoms with E-state index in [0.29, 0.717) is 11.5 Å². The van der Waals surface area contributed by atoms with Crippen LogP contribution in [0.2, 0.25) is 0 Å². The summed E-state index contributed by atoms with van der Waals surface area (Å²) >= 11 is 0. The van der Waals surface area contributed by atoms with Gasteiger partial charge in [0.1, 0.15) is 0 Å². The van der Waals surface area contributed by atoms with Crippen LogP contribution in [0.4, 0.5) is 0 Å². The number of carbonyl (C=O) groups is 1. The minimum absolute atomic E-state index is 0.0819. The Morgan fingerprint density at radius 1 is 1.48 bits per heavy atom. The third kappa shape index (κ3) is 3.96. The lowest BCUT2D eigenvalue weighted by molar-refractivity contribution is 0.0948. The van der Waals surface area contributed by atoms with E-state index in [-0.39, 0.29) is 29.0 Å². The number of benzene rings is 1. The van der Waals surface area contributed by atoms with Crippen molar-refractivity contribution in [2.75, 3.05) is 7.11 Å². The van der Waals surface area contributed by atoms with Crippen LogP contribution >= 0.6 is 10.7 Å². The van der Waals surface area contributed by atoms with Gasteiger partial charge >= 0.3 is 0 Å². The van der Waals surface area contributed by atoms with Gasteiger partial charge in [0, 0.05) is 29.4 Å². The SMILES string of the molecule is CCC1CC1NC(=O)c1ccc(COC)c(S(=O)(=O)Cl)c1. The molecule has 0 heterocycles. The summed E-state index contributed by atoms with van der Waals surface area (Å²) in [5.74, 6) is 0.249. The van der Waals surface area contributed by atoms with E-state index < -0.39 is 9.05 Å². The van der Waals surface area contributed by atoms with Crippen molar-refractivity contribution in [3.63, 3.8) is 0 Å². The number of hydrogen-bond donors (Lipinski definition) is 1. The van der Waals surface area contributed by atoms with E-state index in [1.54, 1.807) is 12.1 Å². The van der Waals surface area contributed by atoms with Gasteiger partial charge in [-0.3, -0.25) is 4.79 Å². The Morgan fingerprint density at radius 3 is 2.71 bits per heavy atom. The van der Waals surface area contributed by atoms with Gasteiger partial charge in [0.05, 0.1) is 11.5 Å². The Hall–Kier alpha value is -1.11. The number of rotatable bonds is 6. The van der Waals surface area contributed by atoms with Gasteiger partial charge in [0.2, 0.25) is 0 Å². The highest BCUT2D eigenvalue weighted by Crippen LogP contribution is 2.33. The zero-order valence-corrected chi connectivity index (χ0v) is 13.5. The molecule has 7 heteroatoms. The van der Waals surface area contributed by atoms with Crippen LogP contribution < -0.4 is 5.32 Å². The van der Waals surface area contributed by atoms with Crippen molar-refractivity contribution in [3.05, 3.63) is 29.3 Å². The van der Waals surface area contributed by atoms with Gasteiger partial charge in [-0.05, 0) is 30.0 Å². The first kappa shape index (κ1) is 16.3. The monoisotopic (exact) mass is 331 g/mol. The molecule has 2 rings (SSSR count). The molecule has 21 heavy (non-hydrogen) atoms. The highest BCUT2D eigenvalue weighted by Gasteiger charge is 2.36. The van der Waals surface area contributed by atoms with E-state index in [4.69, 9.17) is 15.4 Å². The molecule has 1 aromatic carbocycles. The molecule has 1 saturated carbocycles. The van der Waals surface area contributed by atoms with Crippen LogP contribution in [0.25, 0.3) is 0 Å². The Bertz CT molecular complexity index is 644. The number of ether oxygens (including phenoxy) is 1. The maximum Gasteiger partial charge on any atom is 0.261 e. The van der Waals surface area contributed by atoms with Crippen molar-refractivity contribution in [2.45, 2.75) is 37.3 Å². The first-order chi connectivity index (χ1) is 9.86. The molecule has 2 atom stereocenters. The Labute approximate surface area is 129 Å². The highest BCUT2D eigenvalue weighted by atomic mass is 35.7. The average Bonchev–Trinajstić information content (AvgIpc) is 3.16. The molecule has 0 aromatic heterocycles. The van der Waals surface area contributed by atoms with Crippen molar-refractivity contribution in [2.24, 2.45) is 5.92 Å². The summed E-state index contributed by atoms with van der Waals surface area (Å²) < 4.78 is 28.2. The molecule has 5 nitrogen and oxygen atoms in total. The van der Waals surface area contributed by atoms with E-state index in [9.17, 15) is 13.2 Å². The van der Waals surface area contributed by atoms with Crippen molar-refractivity contribution in [1.29, 1.82) is 0 Å². The Kier molecular flexibility index (Phi) is 4.91. The van der Waals surface area contributed by atoms with Crippen LogP contribution in [-0.4, -0.2) is 27.5 Å². The van der Waals surface area contributed by atoms with E-state index in [2.05, 4.69) is 12.2 Å². The fourth-order valence-electron chi connectivity index (χ4n) is 2.32. The van der Waals surface area contributed by atoms with E-state index in [1.165, 1.54) is 13.2 Å². The normalized spacial score (nSPS) is 21.1. The Balaban J connectivity index is 2.23. The molecular weight excluding hydrogens is 314 g/mol. The summed E-state index contributed by atoms with van der Waals surface area (Å²) in [6, 6.07) is 4.63. The second-order valence-electron chi connectivity index (χ2n) is 5.18. The zero-order chi connectivity index (χ0) is 15.6. The number of hydrogen-bond acceptors (Lipinski definition) is 4. The topological polar surface area (TPSA) is 72.5 Å². The van der Waals surface area contributed by atoms with Crippen LogP contribution in [-0.2, 0) is 20.4 Å². The molecule has 1 aromatic rings. The largest absolute Gasteiger partial charge is 0.380 e. The lowest BCUT2D eigenvalue weighted by Gasteiger charge is -2.09. The minimum Gasteiger partial charge on any atom is -0.380 e. The van der Waals surface area contributed by atoms with Crippen LogP contribution in [0.1, 0.15) is 35.7 Å². The van der Waals surface area contributed by atoms with Gasteiger partial charge in [-0.1, -0.05) is 19.4 Å². The summed E-state index contributed by atoms with van der Waals surface area (Å²) in [4.78, 5) is 12.0. The highest BCUT2D eigenvalue weighted by molar-refractivity contribution is 8.13. The Morgan fingerprint density at radius 2 is 2.19 bits per heavy atom. The van der Waals surface area contributed by atoms with Gasteiger partial charge in [0.15, 0.2) is 0 Å². The summed E-state index contributed by atoms with van der Waals surface area (Å²) in [5, 5.41) is 2.89. The number of nitrogens with one attached hydrogen (secondary N) is 1. The van der Waals surface area contributed by atoms with Crippen LogP contribution in [0.3, 0.4) is 0 Å². The van der Waals surface area contributed by atoms with Crippen molar-refractivity contribution in [1.82, 2.24) is 5.32 Å². The third-order valence-electron chi connectivity index (χ3n) is 3.66. The second kappa shape index (κ2) is 6.34. The number of carbonyl (C=O) groups excluding carboxylic acids is 1. The predicted molar refractivity (Wildman–Crippen MR) is 79.8 cm³/mol. The lowest BCUT2D eigenvalue weighted by Crippen LogP contribution is -2.27. The summed E-state index contributed by atoms with van der Waals surface area (Å²) in [6.45, 7) is 2.19. The van der Waals surface area contributed by atoms with Gasteiger partial charge in [-0.15, -0.1) is 0 Å². The van der Waals surface area contributed by atoms with Crippen LogP contribution in [0.15, 0.2) is 23.1 Å². The van der Waals surface area contributed by atoms with Gasteiger partial charge < -0.3 is 10.1 Å². The molecular formula is C14H18ClNO4S. The van der Waals surface area contributed by atoms with Crippen molar-refractivity contribution in [3.8, 4) is 0 Å². The van der Waals surface area contributed by atoms with Gasteiger partial charge in [-0.25, -0.2) is 8.42 Å². The van der Waals surface area contributed by atoms with Crippen molar-refractivity contribution < 1.29 is 17.9 Å². The maximum atomic E-state index is 12.1. The minimum atomic E-state index is -3.93. The van der Waals surface area contributed by atoms with Crippen molar-refractivity contribution >= 4 is 25.6 Å². The first-order valence-electron chi connectivity index (χ1n) is 6.74. The smallest absolute Gasteiger partial charge is 0.261 e. The standard InChI is InChI=1S/C14H18ClNO4S/c1-3-9-6-12(9)16-14(17)10-4-5-11(8-20-2)13(7-10)21(15,18)19/h4-5,7,9,12H,3,6,8H2,1-2H3,(H,16,17). The molecule has 1 aliphatic carbocycles. The zero-order valence-electron chi connectivity index (χ0n) is 11.9. The molecule has 1 aliphatic rings. The summed E-state index contributed by atoms with van der Waals surface area (Å²) in [5.41, 5.74) is 0.720. The van der Waals surface area contributed by atoms with E-state index in [1.807, 2.05) is 0 Å². The van der Waals surface area contributed by atoms with Gasteiger partial charge in [-0.2, -0.15) is 0 Å². The third-order valence-corrected chi connectivity index (χ3v) is 5.06. The molecule has 0 radical (unpaired) electrons. The molecule has 0 spiro atoms. The van der Waals surface area contributed by atoms with Crippen LogP contribution in [0, 0.1) is 5.92 Å². The van der Waals surface area contributed by atoms with Crippen LogP contribution in [0.5, 0.6) is 0 Å². The fourth-order valence-corrected chi connectivity index (χ4v) is 3.46. The molecule has 1 N–H and O–H groups in total. The van der Waals surface area contributed by atoms with E-state index >= 15 is 0 Å². The first-order valence-corrected chi connectivity index (χ1v) is 9.05. The molecule has 116 valence electrons. The predicted octanol–water partition coefficient (Wildman–Crippen LogP) is 2.29. The molecule has 2 unspecified atom stereocenters. The fraction of sp³-hybridized carbons (Fsp3) is 0.500.